The van der Waals surface area contributed by atoms with Gasteiger partial charge < -0.3 is 7.43 Å². The summed E-state index contributed by atoms with van der Waals surface area (Å²) >= 11 is 0. The van der Waals surface area contributed by atoms with Crippen molar-refractivity contribution in [3.63, 3.8) is 0 Å². The summed E-state index contributed by atoms with van der Waals surface area (Å²) in [6.07, 6.45) is 1.25. The van der Waals surface area contributed by atoms with E-state index in [1.807, 2.05) is 41.5 Å². The number of rotatable bonds is 2. The average Bonchev–Trinajstić information content (AvgIpc) is 1.96. The third-order valence-corrected chi connectivity index (χ3v) is 8.37. The molecule has 0 saturated carbocycles. The monoisotopic (exact) mass is 358 g/mol. The van der Waals surface area contributed by atoms with Crippen LogP contribution in [0.25, 0.3) is 0 Å². The van der Waals surface area contributed by atoms with Crippen LogP contribution in [-0.4, -0.2) is 28.8 Å². The van der Waals surface area contributed by atoms with Gasteiger partial charge in [-0.05, 0) is 41.5 Å². The molecule has 0 aromatic heterocycles. The SMILES string of the molecule is CC(C)(C)[PH+](CS(=O)(=O)O)C(C)(C)C.CCC.[CH3-].[Ni]. The Hall–Kier alpha value is 0.834. The minimum absolute atomic E-state index is 0. The minimum atomic E-state index is -3.84. The van der Waals surface area contributed by atoms with Crippen molar-refractivity contribution in [1.29, 1.82) is 0 Å². The summed E-state index contributed by atoms with van der Waals surface area (Å²) in [6.45, 7) is 16.5. The Labute approximate surface area is 132 Å². The predicted octanol–water partition coefficient (Wildman–Crippen LogP) is 4.51. The van der Waals surface area contributed by atoms with Gasteiger partial charge in [0.1, 0.15) is 0 Å². The third kappa shape index (κ3) is 16.8. The van der Waals surface area contributed by atoms with Crippen molar-refractivity contribution >= 4 is 18.0 Å². The fraction of sp³-hybridized carbons (Fsp3) is 0.923. The second-order valence-corrected chi connectivity index (χ2v) is 12.7. The number of hydrogen-bond acceptors (Lipinski definition) is 2. The van der Waals surface area contributed by atoms with Crippen LogP contribution < -0.4 is 0 Å². The molecule has 0 bridgehead atoms. The summed E-state index contributed by atoms with van der Waals surface area (Å²) in [5.41, 5.74) is -0.0648. The van der Waals surface area contributed by atoms with Crippen LogP contribution >= 0.6 is 7.92 Å². The molecule has 124 valence electrons. The molecule has 0 atom stereocenters. The molecule has 0 aromatic carbocycles. The van der Waals surface area contributed by atoms with Crippen LogP contribution in [0.4, 0.5) is 0 Å². The molecule has 19 heavy (non-hydrogen) atoms. The van der Waals surface area contributed by atoms with Gasteiger partial charge in [-0.2, -0.15) is 8.42 Å². The van der Waals surface area contributed by atoms with E-state index in [0.29, 0.717) is 0 Å². The van der Waals surface area contributed by atoms with E-state index in [1.165, 1.54) is 6.42 Å². The Morgan fingerprint density at radius 2 is 1.16 bits per heavy atom. The fourth-order valence-corrected chi connectivity index (χ4v) is 8.91. The molecular formula is C13H33NiO3PS. The van der Waals surface area contributed by atoms with Gasteiger partial charge in [0.15, 0.2) is 5.49 Å². The molecule has 0 amide bonds. The van der Waals surface area contributed by atoms with E-state index in [9.17, 15) is 8.42 Å². The maximum Gasteiger partial charge on any atom is 0.299 e. The van der Waals surface area contributed by atoms with Gasteiger partial charge in [-0.25, -0.2) is 0 Å². The van der Waals surface area contributed by atoms with Gasteiger partial charge in [0.25, 0.3) is 10.1 Å². The van der Waals surface area contributed by atoms with Gasteiger partial charge in [-0.1, -0.05) is 20.3 Å². The second kappa shape index (κ2) is 10.5. The topological polar surface area (TPSA) is 54.4 Å². The zero-order valence-electron chi connectivity index (χ0n) is 13.9. The van der Waals surface area contributed by atoms with E-state index in [2.05, 4.69) is 13.8 Å². The van der Waals surface area contributed by atoms with Gasteiger partial charge in [-0.15, -0.1) is 0 Å². The van der Waals surface area contributed by atoms with Crippen LogP contribution in [0.15, 0.2) is 0 Å². The Bertz CT molecular complexity index is 289. The molecule has 0 heterocycles. The molecule has 1 N–H and O–H groups in total. The molecule has 0 spiro atoms. The van der Waals surface area contributed by atoms with Gasteiger partial charge in [0, 0.05) is 24.4 Å². The summed E-state index contributed by atoms with van der Waals surface area (Å²) in [4.78, 5) is 0. The first-order chi connectivity index (χ1) is 7.25. The number of hydrogen-bond donors (Lipinski definition) is 1. The van der Waals surface area contributed by atoms with E-state index in [4.69, 9.17) is 4.55 Å². The fourth-order valence-electron chi connectivity index (χ4n) is 1.74. The molecule has 0 rings (SSSR count). The summed E-state index contributed by atoms with van der Waals surface area (Å²) in [7, 11) is -5.02. The molecule has 0 unspecified atom stereocenters. The first-order valence-corrected chi connectivity index (χ1v) is 9.39. The average molecular weight is 359 g/mol. The Morgan fingerprint density at radius 3 is 1.21 bits per heavy atom. The molecule has 0 aliphatic heterocycles. The molecule has 0 saturated heterocycles. The summed E-state index contributed by atoms with van der Waals surface area (Å²) in [5, 5.41) is -0.0581. The Morgan fingerprint density at radius 1 is 0.947 bits per heavy atom. The van der Waals surface area contributed by atoms with Crippen molar-refractivity contribution in [2.24, 2.45) is 0 Å². The van der Waals surface area contributed by atoms with Crippen molar-refractivity contribution in [2.75, 3.05) is 5.49 Å². The van der Waals surface area contributed by atoms with Crippen LogP contribution in [0.5, 0.6) is 0 Å². The molecule has 3 nitrogen and oxygen atoms in total. The Balaban J connectivity index is -0.000000204. The smallest absolute Gasteiger partial charge is 0.299 e. The van der Waals surface area contributed by atoms with Gasteiger partial charge in [0.05, 0.1) is 10.3 Å². The van der Waals surface area contributed by atoms with E-state index in [-0.39, 0.29) is 39.7 Å². The quantitative estimate of drug-likeness (QED) is 0.342. The van der Waals surface area contributed by atoms with E-state index >= 15 is 0 Å². The molecule has 0 aliphatic rings. The van der Waals surface area contributed by atoms with Gasteiger partial charge in [0.2, 0.25) is 0 Å². The first kappa shape index (κ1) is 28.1. The maximum atomic E-state index is 10.9. The Kier molecular flexibility index (Phi) is 15.6. The summed E-state index contributed by atoms with van der Waals surface area (Å²) in [6, 6.07) is 0. The van der Waals surface area contributed by atoms with Crippen molar-refractivity contribution in [3.8, 4) is 0 Å². The van der Waals surface area contributed by atoms with Crippen LogP contribution in [0.3, 0.4) is 0 Å². The molecular weight excluding hydrogens is 326 g/mol. The minimum Gasteiger partial charge on any atom is -0.358 e. The largest absolute Gasteiger partial charge is 0.358 e. The maximum absolute atomic E-state index is 10.9. The van der Waals surface area contributed by atoms with Gasteiger partial charge in [-0.3, -0.25) is 4.55 Å². The third-order valence-electron chi connectivity index (χ3n) is 2.14. The normalized spacial score (nSPS) is 11.9. The van der Waals surface area contributed by atoms with E-state index in [1.54, 1.807) is 0 Å². The summed E-state index contributed by atoms with van der Waals surface area (Å²) < 4.78 is 30.7. The van der Waals surface area contributed by atoms with E-state index in [0.717, 1.165) is 0 Å². The zero-order valence-corrected chi connectivity index (χ0v) is 16.7. The van der Waals surface area contributed by atoms with E-state index < -0.39 is 18.0 Å². The first-order valence-electron chi connectivity index (χ1n) is 6.07. The molecule has 0 radical (unpaired) electrons. The zero-order chi connectivity index (χ0) is 14.5. The molecule has 0 aromatic rings. The standard InChI is InChI=1S/C9H21O3PS.C3H8.CH3.Ni/c1-8(2,3)13(9(4,5)6)7-14(10,11)12;1-3-2;;/h7H2,1-6H3,(H,10,11,12);3H2,1-2H3;1H3;/q;;-1;/p+1. The predicted molar refractivity (Wildman–Crippen MR) is 86.6 cm³/mol. The van der Waals surface area contributed by atoms with Crippen molar-refractivity contribution in [1.82, 2.24) is 0 Å². The molecule has 0 aliphatic carbocycles. The molecule has 0 fully saturated rings. The van der Waals surface area contributed by atoms with Gasteiger partial charge >= 0.3 is 0 Å². The van der Waals surface area contributed by atoms with Crippen molar-refractivity contribution < 1.29 is 29.5 Å². The van der Waals surface area contributed by atoms with Crippen LogP contribution in [0.1, 0.15) is 61.8 Å². The van der Waals surface area contributed by atoms with Crippen molar-refractivity contribution in [3.05, 3.63) is 7.43 Å². The summed E-state index contributed by atoms with van der Waals surface area (Å²) in [5.74, 6) is 0. The van der Waals surface area contributed by atoms with Crippen LogP contribution in [-0.2, 0) is 26.6 Å². The van der Waals surface area contributed by atoms with Crippen LogP contribution in [0.2, 0.25) is 0 Å². The van der Waals surface area contributed by atoms with Crippen LogP contribution in [0, 0.1) is 7.43 Å². The molecule has 6 heteroatoms. The second-order valence-electron chi connectivity index (χ2n) is 6.41. The van der Waals surface area contributed by atoms with Crippen molar-refractivity contribution in [2.45, 2.75) is 72.1 Å².